The summed E-state index contributed by atoms with van der Waals surface area (Å²) in [7, 11) is 0. The van der Waals surface area contributed by atoms with Gasteiger partial charge in [-0.2, -0.15) is 4.68 Å². The molecule has 0 aliphatic heterocycles. The second-order valence-corrected chi connectivity index (χ2v) is 4.94. The molecule has 0 unspecified atom stereocenters. The van der Waals surface area contributed by atoms with Gasteiger partial charge in [0.2, 0.25) is 5.95 Å². The SMILES string of the molecule is Cc1cc(Br)ccc1Nc1ncc(C)c(=O)n1N. The van der Waals surface area contributed by atoms with E-state index in [4.69, 9.17) is 5.84 Å². The Morgan fingerprint density at radius 3 is 2.72 bits per heavy atom. The van der Waals surface area contributed by atoms with Crippen LogP contribution in [0.1, 0.15) is 11.1 Å². The van der Waals surface area contributed by atoms with E-state index in [-0.39, 0.29) is 5.56 Å². The molecule has 0 bridgehead atoms. The number of hydrogen-bond donors (Lipinski definition) is 2. The molecule has 1 aromatic heterocycles. The van der Waals surface area contributed by atoms with E-state index < -0.39 is 0 Å². The number of nitrogens with one attached hydrogen (secondary N) is 1. The van der Waals surface area contributed by atoms with Gasteiger partial charge in [0.15, 0.2) is 0 Å². The van der Waals surface area contributed by atoms with Gasteiger partial charge in [0.05, 0.1) is 0 Å². The number of rotatable bonds is 2. The van der Waals surface area contributed by atoms with Gasteiger partial charge in [0, 0.05) is 21.9 Å². The van der Waals surface area contributed by atoms with Crippen molar-refractivity contribution >= 4 is 27.6 Å². The number of hydrogen-bond acceptors (Lipinski definition) is 4. The molecule has 5 nitrogen and oxygen atoms in total. The van der Waals surface area contributed by atoms with Crippen molar-refractivity contribution in [3.05, 3.63) is 50.3 Å². The summed E-state index contributed by atoms with van der Waals surface area (Å²) in [6.45, 7) is 3.63. The van der Waals surface area contributed by atoms with Gasteiger partial charge >= 0.3 is 0 Å². The maximum Gasteiger partial charge on any atom is 0.276 e. The van der Waals surface area contributed by atoms with Crippen LogP contribution in [0.4, 0.5) is 11.6 Å². The van der Waals surface area contributed by atoms with Gasteiger partial charge in [0.25, 0.3) is 5.56 Å². The monoisotopic (exact) mass is 308 g/mol. The molecular weight excluding hydrogens is 296 g/mol. The van der Waals surface area contributed by atoms with Crippen molar-refractivity contribution in [1.82, 2.24) is 9.66 Å². The Kier molecular flexibility index (Phi) is 3.38. The standard InChI is InChI=1S/C12H13BrN4O/c1-7-5-9(13)3-4-10(7)16-12-15-6-8(2)11(18)17(12)14/h3-6H,14H2,1-2H3,(H,15,16). The molecule has 0 amide bonds. The highest BCUT2D eigenvalue weighted by Gasteiger charge is 2.06. The molecule has 1 aromatic carbocycles. The Labute approximate surface area is 113 Å². The molecule has 0 aliphatic rings. The lowest BCUT2D eigenvalue weighted by Crippen LogP contribution is -2.31. The van der Waals surface area contributed by atoms with Crippen LogP contribution in [-0.2, 0) is 0 Å². The first-order chi connectivity index (χ1) is 8.49. The fourth-order valence-electron chi connectivity index (χ4n) is 1.54. The minimum atomic E-state index is -0.262. The summed E-state index contributed by atoms with van der Waals surface area (Å²) in [6, 6.07) is 5.77. The molecule has 0 fully saturated rings. The second kappa shape index (κ2) is 4.81. The maximum absolute atomic E-state index is 11.7. The molecule has 2 aromatic rings. The lowest BCUT2D eigenvalue weighted by Gasteiger charge is -2.12. The number of aromatic nitrogens is 2. The summed E-state index contributed by atoms with van der Waals surface area (Å²) >= 11 is 3.39. The van der Waals surface area contributed by atoms with Crippen molar-refractivity contribution in [2.75, 3.05) is 11.2 Å². The summed E-state index contributed by atoms with van der Waals surface area (Å²) in [5.74, 6) is 6.00. The van der Waals surface area contributed by atoms with Gasteiger partial charge in [-0.3, -0.25) is 4.79 Å². The molecule has 0 radical (unpaired) electrons. The normalized spacial score (nSPS) is 10.4. The van der Waals surface area contributed by atoms with Crippen molar-refractivity contribution in [2.45, 2.75) is 13.8 Å². The number of nitrogens with two attached hydrogens (primary N) is 1. The minimum absolute atomic E-state index is 0.262. The molecule has 0 aliphatic carbocycles. The van der Waals surface area contributed by atoms with E-state index in [0.29, 0.717) is 11.5 Å². The number of aryl methyl sites for hydroxylation is 2. The fourth-order valence-corrected chi connectivity index (χ4v) is 2.02. The molecule has 1 heterocycles. The van der Waals surface area contributed by atoms with E-state index >= 15 is 0 Å². The molecule has 0 atom stereocenters. The van der Waals surface area contributed by atoms with Crippen LogP contribution in [-0.4, -0.2) is 9.66 Å². The smallest absolute Gasteiger partial charge is 0.276 e. The van der Waals surface area contributed by atoms with Crippen molar-refractivity contribution in [3.8, 4) is 0 Å². The van der Waals surface area contributed by atoms with Crippen LogP contribution in [0.3, 0.4) is 0 Å². The minimum Gasteiger partial charge on any atom is -0.333 e. The predicted molar refractivity (Wildman–Crippen MR) is 75.5 cm³/mol. The second-order valence-electron chi connectivity index (χ2n) is 4.02. The first-order valence-corrected chi connectivity index (χ1v) is 6.15. The summed E-state index contributed by atoms with van der Waals surface area (Å²) in [5.41, 5.74) is 2.13. The average molecular weight is 309 g/mol. The zero-order valence-electron chi connectivity index (χ0n) is 10.1. The van der Waals surface area contributed by atoms with E-state index in [9.17, 15) is 4.79 Å². The van der Waals surface area contributed by atoms with Crippen LogP contribution >= 0.6 is 15.9 Å². The summed E-state index contributed by atoms with van der Waals surface area (Å²) in [5, 5.41) is 3.04. The average Bonchev–Trinajstić information content (AvgIpc) is 2.33. The number of benzene rings is 1. The highest BCUT2D eigenvalue weighted by molar-refractivity contribution is 9.10. The number of halogens is 1. The van der Waals surface area contributed by atoms with Crippen LogP contribution in [0, 0.1) is 13.8 Å². The van der Waals surface area contributed by atoms with Crippen LogP contribution in [0.25, 0.3) is 0 Å². The van der Waals surface area contributed by atoms with Crippen LogP contribution < -0.4 is 16.7 Å². The van der Waals surface area contributed by atoms with E-state index in [1.54, 1.807) is 6.92 Å². The zero-order valence-corrected chi connectivity index (χ0v) is 11.7. The van der Waals surface area contributed by atoms with Gasteiger partial charge in [0.1, 0.15) is 0 Å². The van der Waals surface area contributed by atoms with Crippen molar-refractivity contribution in [1.29, 1.82) is 0 Å². The molecule has 18 heavy (non-hydrogen) atoms. The Morgan fingerprint density at radius 1 is 1.33 bits per heavy atom. The van der Waals surface area contributed by atoms with Crippen LogP contribution in [0.2, 0.25) is 0 Å². The lowest BCUT2D eigenvalue weighted by atomic mass is 10.2. The topological polar surface area (TPSA) is 72.9 Å². The number of nitrogens with zero attached hydrogens (tertiary/aromatic N) is 2. The van der Waals surface area contributed by atoms with Gasteiger partial charge in [-0.15, -0.1) is 0 Å². The predicted octanol–water partition coefficient (Wildman–Crippen LogP) is 2.08. The largest absolute Gasteiger partial charge is 0.333 e. The zero-order chi connectivity index (χ0) is 13.3. The van der Waals surface area contributed by atoms with Crippen molar-refractivity contribution in [2.24, 2.45) is 0 Å². The van der Waals surface area contributed by atoms with Crippen molar-refractivity contribution in [3.63, 3.8) is 0 Å². The van der Waals surface area contributed by atoms with E-state index in [1.807, 2.05) is 25.1 Å². The fraction of sp³-hybridized carbons (Fsp3) is 0.167. The highest BCUT2D eigenvalue weighted by Crippen LogP contribution is 2.22. The Morgan fingerprint density at radius 2 is 2.06 bits per heavy atom. The van der Waals surface area contributed by atoms with E-state index in [1.165, 1.54) is 6.20 Å². The Bertz CT molecular complexity index is 651. The Hall–Kier alpha value is -1.82. The maximum atomic E-state index is 11.7. The molecular formula is C12H13BrN4O. The van der Waals surface area contributed by atoms with Gasteiger partial charge < -0.3 is 11.2 Å². The molecule has 0 saturated heterocycles. The van der Waals surface area contributed by atoms with Crippen molar-refractivity contribution < 1.29 is 0 Å². The van der Waals surface area contributed by atoms with Crippen LogP contribution in [0.5, 0.6) is 0 Å². The third kappa shape index (κ3) is 2.38. The molecule has 3 N–H and O–H groups in total. The molecule has 94 valence electrons. The van der Waals surface area contributed by atoms with Crippen LogP contribution in [0.15, 0.2) is 33.7 Å². The first-order valence-electron chi connectivity index (χ1n) is 5.36. The highest BCUT2D eigenvalue weighted by atomic mass is 79.9. The summed E-state index contributed by atoms with van der Waals surface area (Å²) < 4.78 is 2.00. The van der Waals surface area contributed by atoms with Gasteiger partial charge in [-0.25, -0.2) is 4.98 Å². The quantitative estimate of drug-likeness (QED) is 0.833. The molecule has 2 rings (SSSR count). The number of nitrogen functional groups attached to an aromatic ring is 1. The molecule has 6 heteroatoms. The van der Waals surface area contributed by atoms with Gasteiger partial charge in [-0.05, 0) is 37.6 Å². The summed E-state index contributed by atoms with van der Waals surface area (Å²) in [6.07, 6.45) is 1.50. The third-order valence-electron chi connectivity index (χ3n) is 2.60. The lowest BCUT2D eigenvalue weighted by molar-refractivity contribution is 0.886. The third-order valence-corrected chi connectivity index (χ3v) is 3.09. The Balaban J connectivity index is 2.40. The molecule has 0 saturated carbocycles. The summed E-state index contributed by atoms with van der Waals surface area (Å²) in [4.78, 5) is 15.8. The molecule has 0 spiro atoms. The first kappa shape index (κ1) is 12.6. The number of anilines is 2. The van der Waals surface area contributed by atoms with E-state index in [0.717, 1.165) is 20.4 Å². The van der Waals surface area contributed by atoms with Gasteiger partial charge in [-0.1, -0.05) is 15.9 Å². The van der Waals surface area contributed by atoms with E-state index in [2.05, 4.69) is 26.2 Å².